The summed E-state index contributed by atoms with van der Waals surface area (Å²) >= 11 is 0. The molecule has 2 aromatic carbocycles. The van der Waals surface area contributed by atoms with E-state index in [2.05, 4.69) is 4.98 Å². The van der Waals surface area contributed by atoms with Crippen LogP contribution in [-0.2, 0) is 0 Å². The normalized spacial score (nSPS) is 17.1. The van der Waals surface area contributed by atoms with Crippen molar-refractivity contribution in [2.75, 3.05) is 19.7 Å². The number of ether oxygens (including phenoxy) is 1. The van der Waals surface area contributed by atoms with Crippen molar-refractivity contribution < 1.29 is 13.9 Å². The maximum Gasteiger partial charge on any atom is 0.253 e. The molecule has 0 unspecified atom stereocenters. The number of hydrogen-bond donors (Lipinski definition) is 0. The Morgan fingerprint density at radius 2 is 2.04 bits per heavy atom. The summed E-state index contributed by atoms with van der Waals surface area (Å²) in [5.41, 5.74) is 1.50. The fourth-order valence-electron chi connectivity index (χ4n) is 3.51. The highest BCUT2D eigenvalue weighted by Crippen LogP contribution is 2.22. The number of nitrogens with zero attached hydrogens (tertiary/aromatic N) is 2. The van der Waals surface area contributed by atoms with Gasteiger partial charge in [-0.15, -0.1) is 0 Å². The Kier molecular flexibility index (Phi) is 5.01. The number of halogens is 1. The van der Waals surface area contributed by atoms with E-state index >= 15 is 0 Å². The number of carbonyl (C=O) groups is 1. The quantitative estimate of drug-likeness (QED) is 0.693. The van der Waals surface area contributed by atoms with Crippen molar-refractivity contribution in [3.8, 4) is 5.75 Å². The molecule has 1 aliphatic heterocycles. The van der Waals surface area contributed by atoms with E-state index in [1.165, 1.54) is 12.1 Å². The van der Waals surface area contributed by atoms with Crippen LogP contribution in [-0.4, -0.2) is 35.5 Å². The Morgan fingerprint density at radius 3 is 2.89 bits per heavy atom. The highest BCUT2D eigenvalue weighted by Gasteiger charge is 2.25. The molecule has 0 radical (unpaired) electrons. The molecule has 27 heavy (non-hydrogen) atoms. The topological polar surface area (TPSA) is 42.4 Å². The van der Waals surface area contributed by atoms with Crippen LogP contribution in [0.4, 0.5) is 4.39 Å². The molecule has 1 fully saturated rings. The molecular formula is C22H21FN2O2. The van der Waals surface area contributed by atoms with Gasteiger partial charge in [0.1, 0.15) is 11.6 Å². The first-order chi connectivity index (χ1) is 13.2. The van der Waals surface area contributed by atoms with E-state index in [1.807, 2.05) is 35.2 Å². The van der Waals surface area contributed by atoms with Gasteiger partial charge >= 0.3 is 0 Å². The Hall–Kier alpha value is -2.95. The summed E-state index contributed by atoms with van der Waals surface area (Å²) in [5, 5.41) is 1.03. The van der Waals surface area contributed by atoms with Crippen molar-refractivity contribution in [2.24, 2.45) is 5.92 Å². The molecule has 3 aromatic rings. The number of carbonyl (C=O) groups excluding carboxylic acids is 1. The SMILES string of the molecule is O=C(c1ccc2cccnc2c1)N1CCC[C@H](COc2ccc(F)cc2)C1. The number of benzene rings is 2. The van der Waals surface area contributed by atoms with Gasteiger partial charge in [-0.1, -0.05) is 12.1 Å². The van der Waals surface area contributed by atoms with Gasteiger partial charge in [-0.2, -0.15) is 0 Å². The first-order valence-corrected chi connectivity index (χ1v) is 9.21. The smallest absolute Gasteiger partial charge is 0.253 e. The van der Waals surface area contributed by atoms with Gasteiger partial charge < -0.3 is 9.64 Å². The van der Waals surface area contributed by atoms with Gasteiger partial charge in [0.25, 0.3) is 5.91 Å². The Morgan fingerprint density at radius 1 is 1.19 bits per heavy atom. The fraction of sp³-hybridized carbons (Fsp3) is 0.273. The summed E-state index contributed by atoms with van der Waals surface area (Å²) in [5.74, 6) is 0.683. The van der Waals surface area contributed by atoms with E-state index in [9.17, 15) is 9.18 Å². The maximum atomic E-state index is 13.0. The summed E-state index contributed by atoms with van der Waals surface area (Å²) < 4.78 is 18.8. The summed E-state index contributed by atoms with van der Waals surface area (Å²) in [6, 6.07) is 15.6. The lowest BCUT2D eigenvalue weighted by Crippen LogP contribution is -2.41. The second-order valence-corrected chi connectivity index (χ2v) is 6.94. The lowest BCUT2D eigenvalue weighted by atomic mass is 9.98. The van der Waals surface area contributed by atoms with E-state index < -0.39 is 0 Å². The van der Waals surface area contributed by atoms with Crippen molar-refractivity contribution in [2.45, 2.75) is 12.8 Å². The Labute approximate surface area is 157 Å². The van der Waals surface area contributed by atoms with E-state index in [1.54, 1.807) is 18.3 Å². The highest BCUT2D eigenvalue weighted by molar-refractivity contribution is 5.97. The molecule has 1 aliphatic rings. The van der Waals surface area contributed by atoms with Gasteiger partial charge in [0.2, 0.25) is 0 Å². The number of rotatable bonds is 4. The zero-order chi connectivity index (χ0) is 18.6. The standard InChI is InChI=1S/C22H21FN2O2/c23-19-7-9-20(10-8-19)27-15-16-3-2-12-25(14-16)22(26)18-6-5-17-4-1-11-24-21(17)13-18/h1,4-11,13,16H,2-3,12,14-15H2/t16-/m0/s1. The van der Waals surface area contributed by atoms with Crippen LogP contribution in [0.25, 0.3) is 10.9 Å². The van der Waals surface area contributed by atoms with E-state index in [0.717, 1.165) is 30.3 Å². The lowest BCUT2D eigenvalue weighted by molar-refractivity contribution is 0.0633. The second kappa shape index (κ2) is 7.74. The Balaban J connectivity index is 1.40. The number of piperidine rings is 1. The third-order valence-electron chi connectivity index (χ3n) is 4.96. The van der Waals surface area contributed by atoms with E-state index in [0.29, 0.717) is 24.5 Å². The monoisotopic (exact) mass is 364 g/mol. The highest BCUT2D eigenvalue weighted by atomic mass is 19.1. The number of fused-ring (bicyclic) bond motifs is 1. The average Bonchev–Trinajstić information content (AvgIpc) is 2.72. The first-order valence-electron chi connectivity index (χ1n) is 9.21. The number of pyridine rings is 1. The van der Waals surface area contributed by atoms with Crippen molar-refractivity contribution >= 4 is 16.8 Å². The predicted molar refractivity (Wildman–Crippen MR) is 102 cm³/mol. The first kappa shape index (κ1) is 17.5. The summed E-state index contributed by atoms with van der Waals surface area (Å²) in [4.78, 5) is 19.1. The molecule has 1 saturated heterocycles. The van der Waals surface area contributed by atoms with Gasteiger partial charge in [0.15, 0.2) is 0 Å². The Bertz CT molecular complexity index is 942. The van der Waals surface area contributed by atoms with Crippen LogP contribution in [0.5, 0.6) is 5.75 Å². The van der Waals surface area contributed by atoms with Gasteiger partial charge in [-0.05, 0) is 55.3 Å². The third kappa shape index (κ3) is 4.08. The van der Waals surface area contributed by atoms with Crippen molar-refractivity contribution in [1.82, 2.24) is 9.88 Å². The van der Waals surface area contributed by atoms with Crippen LogP contribution in [0.3, 0.4) is 0 Å². The molecule has 0 aliphatic carbocycles. The van der Waals surface area contributed by atoms with Gasteiger partial charge in [-0.3, -0.25) is 9.78 Å². The molecule has 4 nitrogen and oxygen atoms in total. The molecule has 2 heterocycles. The van der Waals surface area contributed by atoms with Crippen molar-refractivity contribution in [3.63, 3.8) is 0 Å². The number of likely N-dealkylation sites (tertiary alicyclic amines) is 1. The van der Waals surface area contributed by atoms with Crippen LogP contribution >= 0.6 is 0 Å². The van der Waals surface area contributed by atoms with Gasteiger partial charge in [-0.25, -0.2) is 4.39 Å². The summed E-state index contributed by atoms with van der Waals surface area (Å²) in [7, 11) is 0. The molecule has 0 spiro atoms. The van der Waals surface area contributed by atoms with Crippen LogP contribution in [0, 0.1) is 11.7 Å². The van der Waals surface area contributed by atoms with Gasteiger partial charge in [0, 0.05) is 36.2 Å². The maximum absolute atomic E-state index is 13.0. The third-order valence-corrected chi connectivity index (χ3v) is 4.96. The molecule has 0 bridgehead atoms. The van der Waals surface area contributed by atoms with Crippen LogP contribution in [0.15, 0.2) is 60.8 Å². The zero-order valence-corrected chi connectivity index (χ0v) is 15.0. The van der Waals surface area contributed by atoms with Crippen LogP contribution < -0.4 is 4.74 Å². The molecule has 4 rings (SSSR count). The number of amides is 1. The molecule has 5 heteroatoms. The molecular weight excluding hydrogens is 343 g/mol. The molecule has 138 valence electrons. The summed E-state index contributed by atoms with van der Waals surface area (Å²) in [6.07, 6.45) is 3.71. The largest absolute Gasteiger partial charge is 0.493 e. The number of hydrogen-bond acceptors (Lipinski definition) is 3. The average molecular weight is 364 g/mol. The fourth-order valence-corrected chi connectivity index (χ4v) is 3.51. The zero-order valence-electron chi connectivity index (χ0n) is 15.0. The van der Waals surface area contributed by atoms with Crippen LogP contribution in [0.1, 0.15) is 23.2 Å². The van der Waals surface area contributed by atoms with Crippen molar-refractivity contribution in [1.29, 1.82) is 0 Å². The van der Waals surface area contributed by atoms with E-state index in [4.69, 9.17) is 4.74 Å². The second-order valence-electron chi connectivity index (χ2n) is 6.94. The predicted octanol–water partition coefficient (Wildman–Crippen LogP) is 4.31. The lowest BCUT2D eigenvalue weighted by Gasteiger charge is -2.32. The van der Waals surface area contributed by atoms with Crippen LogP contribution in [0.2, 0.25) is 0 Å². The minimum absolute atomic E-state index is 0.0361. The molecule has 1 aromatic heterocycles. The van der Waals surface area contributed by atoms with Gasteiger partial charge in [0.05, 0.1) is 12.1 Å². The van der Waals surface area contributed by atoms with E-state index in [-0.39, 0.29) is 17.6 Å². The minimum atomic E-state index is -0.276. The molecule has 1 amide bonds. The molecule has 0 N–H and O–H groups in total. The molecule has 0 saturated carbocycles. The summed E-state index contributed by atoms with van der Waals surface area (Å²) in [6.45, 7) is 1.95. The van der Waals surface area contributed by atoms with Crippen molar-refractivity contribution in [3.05, 3.63) is 72.2 Å². The minimum Gasteiger partial charge on any atom is -0.493 e. The number of aromatic nitrogens is 1. The molecule has 1 atom stereocenters.